The molecule has 0 spiro atoms. The van der Waals surface area contributed by atoms with Crippen LogP contribution in [0.3, 0.4) is 0 Å². The molecule has 0 atom stereocenters. The maximum Gasteiger partial charge on any atom is 0.417 e. The minimum Gasteiger partial charge on any atom is -0.322 e. The molecule has 2 aromatic carbocycles. The summed E-state index contributed by atoms with van der Waals surface area (Å²) in [5.74, 6) is -0.815. The molecule has 1 aromatic heterocycles. The van der Waals surface area contributed by atoms with E-state index >= 15 is 0 Å². The van der Waals surface area contributed by atoms with Gasteiger partial charge in [0.15, 0.2) is 5.82 Å². The van der Waals surface area contributed by atoms with Crippen molar-refractivity contribution < 1.29 is 22.4 Å². The molecule has 0 saturated heterocycles. The Balaban J connectivity index is 1.78. The van der Waals surface area contributed by atoms with Crippen LogP contribution in [-0.4, -0.2) is 15.9 Å². The Morgan fingerprint density at radius 1 is 1.00 bits per heavy atom. The summed E-state index contributed by atoms with van der Waals surface area (Å²) in [6.07, 6.45) is -2.19. The van der Waals surface area contributed by atoms with Crippen molar-refractivity contribution in [1.29, 1.82) is 0 Å². The third-order valence-electron chi connectivity index (χ3n) is 3.55. The van der Waals surface area contributed by atoms with E-state index in [9.17, 15) is 22.4 Å². The first-order valence-corrected chi connectivity index (χ1v) is 7.88. The molecule has 27 heavy (non-hydrogen) atoms. The quantitative estimate of drug-likeness (QED) is 0.619. The number of carbonyl (C=O) groups excluding carboxylic acids is 1. The van der Waals surface area contributed by atoms with Crippen LogP contribution in [0.15, 0.2) is 54.9 Å². The summed E-state index contributed by atoms with van der Waals surface area (Å²) in [7, 11) is 0. The summed E-state index contributed by atoms with van der Waals surface area (Å²) in [5.41, 5.74) is -0.524. The highest BCUT2D eigenvalue weighted by molar-refractivity contribution is 6.31. The van der Waals surface area contributed by atoms with E-state index in [1.54, 1.807) is 0 Å². The molecule has 0 aliphatic rings. The van der Waals surface area contributed by atoms with Crippen molar-refractivity contribution in [1.82, 2.24) is 9.97 Å². The Morgan fingerprint density at radius 3 is 2.22 bits per heavy atom. The van der Waals surface area contributed by atoms with Gasteiger partial charge in [0.25, 0.3) is 5.91 Å². The second-order valence-electron chi connectivity index (χ2n) is 5.45. The molecule has 1 amide bonds. The van der Waals surface area contributed by atoms with Crippen LogP contribution in [0.1, 0.15) is 15.9 Å². The van der Waals surface area contributed by atoms with E-state index in [0.29, 0.717) is 5.56 Å². The first-order chi connectivity index (χ1) is 12.7. The number of carbonyl (C=O) groups is 1. The molecule has 0 aliphatic carbocycles. The van der Waals surface area contributed by atoms with Crippen LogP contribution >= 0.6 is 11.6 Å². The Hall–Kier alpha value is -3.00. The molecule has 4 nitrogen and oxygen atoms in total. The largest absolute Gasteiger partial charge is 0.417 e. The van der Waals surface area contributed by atoms with Gasteiger partial charge in [0.05, 0.1) is 16.1 Å². The van der Waals surface area contributed by atoms with Crippen molar-refractivity contribution in [3.63, 3.8) is 0 Å². The molecule has 1 N–H and O–H groups in total. The molecule has 0 fully saturated rings. The highest BCUT2D eigenvalue weighted by Crippen LogP contribution is 2.36. The van der Waals surface area contributed by atoms with Crippen LogP contribution in [0.5, 0.6) is 0 Å². The van der Waals surface area contributed by atoms with Gasteiger partial charge in [-0.3, -0.25) is 4.79 Å². The summed E-state index contributed by atoms with van der Waals surface area (Å²) < 4.78 is 51.6. The predicted molar refractivity (Wildman–Crippen MR) is 91.8 cm³/mol. The average molecular weight is 396 g/mol. The molecule has 0 radical (unpaired) electrons. The molecule has 3 rings (SSSR count). The van der Waals surface area contributed by atoms with Crippen LogP contribution in [0, 0.1) is 5.82 Å². The van der Waals surface area contributed by atoms with Gasteiger partial charge in [-0.25, -0.2) is 14.4 Å². The lowest BCUT2D eigenvalue weighted by molar-refractivity contribution is -0.137. The number of rotatable bonds is 3. The van der Waals surface area contributed by atoms with Crippen LogP contribution in [-0.2, 0) is 6.18 Å². The molecule has 1 heterocycles. The zero-order valence-electron chi connectivity index (χ0n) is 13.4. The average Bonchev–Trinajstić information content (AvgIpc) is 2.63. The molecule has 0 saturated carbocycles. The molecule has 0 aliphatic heterocycles. The third-order valence-corrected chi connectivity index (χ3v) is 3.88. The van der Waals surface area contributed by atoms with Gasteiger partial charge in [-0.15, -0.1) is 0 Å². The van der Waals surface area contributed by atoms with E-state index in [4.69, 9.17) is 11.6 Å². The van der Waals surface area contributed by atoms with Gasteiger partial charge < -0.3 is 5.32 Å². The molecule has 9 heteroatoms. The van der Waals surface area contributed by atoms with Gasteiger partial charge in [-0.2, -0.15) is 13.2 Å². The maximum atomic E-state index is 12.9. The van der Waals surface area contributed by atoms with Crippen molar-refractivity contribution in [3.05, 3.63) is 76.8 Å². The molecule has 0 unspecified atom stereocenters. The van der Waals surface area contributed by atoms with Crippen molar-refractivity contribution in [2.45, 2.75) is 6.18 Å². The molecular weight excluding hydrogens is 386 g/mol. The van der Waals surface area contributed by atoms with Gasteiger partial charge in [0.2, 0.25) is 0 Å². The number of hydrogen-bond acceptors (Lipinski definition) is 3. The minimum atomic E-state index is -4.64. The van der Waals surface area contributed by atoms with E-state index in [-0.39, 0.29) is 17.1 Å². The number of nitrogens with one attached hydrogen (secondary N) is 1. The predicted octanol–water partition coefficient (Wildman–Crippen LogP) is 5.21. The smallest absolute Gasteiger partial charge is 0.322 e. The Kier molecular flexibility index (Phi) is 5.09. The van der Waals surface area contributed by atoms with Gasteiger partial charge >= 0.3 is 6.18 Å². The summed E-state index contributed by atoms with van der Waals surface area (Å²) in [5, 5.41) is 1.87. The van der Waals surface area contributed by atoms with Gasteiger partial charge in [0, 0.05) is 23.6 Å². The van der Waals surface area contributed by atoms with Crippen LogP contribution in [0.2, 0.25) is 5.02 Å². The van der Waals surface area contributed by atoms with E-state index in [1.807, 2.05) is 0 Å². The highest BCUT2D eigenvalue weighted by atomic mass is 35.5. The fraction of sp³-hybridized carbons (Fsp3) is 0.0556. The van der Waals surface area contributed by atoms with E-state index in [0.717, 1.165) is 12.1 Å². The van der Waals surface area contributed by atoms with Crippen molar-refractivity contribution >= 4 is 23.2 Å². The number of nitrogens with zero attached hydrogens (tertiary/aromatic N) is 2. The van der Waals surface area contributed by atoms with Crippen molar-refractivity contribution in [3.8, 4) is 11.4 Å². The van der Waals surface area contributed by atoms with Crippen molar-refractivity contribution in [2.75, 3.05) is 5.32 Å². The van der Waals surface area contributed by atoms with E-state index in [2.05, 4.69) is 15.3 Å². The number of halogens is 5. The number of benzene rings is 2. The zero-order valence-corrected chi connectivity index (χ0v) is 14.1. The summed E-state index contributed by atoms with van der Waals surface area (Å²) in [6.45, 7) is 0. The first-order valence-electron chi connectivity index (χ1n) is 7.50. The van der Waals surface area contributed by atoms with Gasteiger partial charge in [-0.1, -0.05) is 11.6 Å². The molecule has 0 bridgehead atoms. The first kappa shape index (κ1) is 18.8. The van der Waals surface area contributed by atoms with Gasteiger partial charge in [0.1, 0.15) is 5.82 Å². The fourth-order valence-electron chi connectivity index (χ4n) is 2.22. The second kappa shape index (κ2) is 7.32. The topological polar surface area (TPSA) is 54.9 Å². The number of anilines is 1. The van der Waals surface area contributed by atoms with Crippen LogP contribution in [0.25, 0.3) is 11.4 Å². The highest BCUT2D eigenvalue weighted by Gasteiger charge is 2.33. The SMILES string of the molecule is O=C(Nc1ccc(Cl)c(C(F)(F)F)c1)c1cnc(-c2ccc(F)cc2)nc1. The maximum absolute atomic E-state index is 12.9. The lowest BCUT2D eigenvalue weighted by Crippen LogP contribution is -2.14. The number of aromatic nitrogens is 2. The molecule has 138 valence electrons. The summed E-state index contributed by atoms with van der Waals surface area (Å²) >= 11 is 5.54. The Bertz CT molecular complexity index is 973. The van der Waals surface area contributed by atoms with E-state index in [1.165, 1.54) is 42.7 Å². The Labute approximate surface area is 155 Å². The van der Waals surface area contributed by atoms with E-state index < -0.39 is 28.5 Å². The zero-order chi connectivity index (χ0) is 19.6. The van der Waals surface area contributed by atoms with Crippen LogP contribution < -0.4 is 5.32 Å². The summed E-state index contributed by atoms with van der Waals surface area (Å²) in [6, 6.07) is 8.51. The molecular formula is C18H10ClF4N3O. The minimum absolute atomic E-state index is 0.0457. The van der Waals surface area contributed by atoms with Crippen LogP contribution in [0.4, 0.5) is 23.2 Å². The monoisotopic (exact) mass is 395 g/mol. The number of alkyl halides is 3. The lowest BCUT2D eigenvalue weighted by atomic mass is 10.2. The lowest BCUT2D eigenvalue weighted by Gasteiger charge is -2.11. The second-order valence-corrected chi connectivity index (χ2v) is 5.86. The number of hydrogen-bond donors (Lipinski definition) is 1. The molecule has 3 aromatic rings. The van der Waals surface area contributed by atoms with Gasteiger partial charge in [-0.05, 0) is 42.5 Å². The van der Waals surface area contributed by atoms with Crippen molar-refractivity contribution in [2.24, 2.45) is 0 Å². The standard InChI is InChI=1S/C18H10ClF4N3O/c19-15-6-5-13(7-14(15)18(21,22)23)26-17(27)11-8-24-16(25-9-11)10-1-3-12(20)4-2-10/h1-9H,(H,26,27). The number of amides is 1. The fourth-order valence-corrected chi connectivity index (χ4v) is 2.44. The normalized spacial score (nSPS) is 11.3. The third kappa shape index (κ3) is 4.40. The Morgan fingerprint density at radius 2 is 1.63 bits per heavy atom. The summed E-state index contributed by atoms with van der Waals surface area (Å²) in [4.78, 5) is 20.2.